The fourth-order valence-corrected chi connectivity index (χ4v) is 5.13. The maximum Gasteiger partial charge on any atom is 0.257 e. The molecule has 7 heteroatoms. The van der Waals surface area contributed by atoms with Gasteiger partial charge in [-0.05, 0) is 44.0 Å². The minimum atomic E-state index is -0.290. The molecule has 2 heterocycles. The fraction of sp³-hybridized carbons (Fsp3) is 0.200. The van der Waals surface area contributed by atoms with Crippen molar-refractivity contribution in [2.45, 2.75) is 19.8 Å². The van der Waals surface area contributed by atoms with Crippen molar-refractivity contribution in [1.82, 2.24) is 4.98 Å². The molecule has 160 valence electrons. The molecule has 1 saturated heterocycles. The molecule has 2 aliphatic rings. The summed E-state index contributed by atoms with van der Waals surface area (Å²) in [5.74, 6) is -1.16. The van der Waals surface area contributed by atoms with E-state index < -0.39 is 0 Å². The molecule has 1 N–H and O–H groups in total. The fourth-order valence-electron chi connectivity index (χ4n) is 4.30. The van der Waals surface area contributed by atoms with E-state index in [0.717, 1.165) is 16.1 Å². The number of allylic oxidation sites excluding steroid dienone is 2. The van der Waals surface area contributed by atoms with Crippen molar-refractivity contribution in [3.8, 4) is 11.3 Å². The van der Waals surface area contributed by atoms with Crippen molar-refractivity contribution in [3.05, 3.63) is 77.2 Å². The Balaban J connectivity index is 1.31. The number of carbonyl (C=O) groups is 3. The third kappa shape index (κ3) is 3.54. The van der Waals surface area contributed by atoms with Gasteiger partial charge in [0.1, 0.15) is 0 Å². The zero-order valence-electron chi connectivity index (χ0n) is 17.4. The smallest absolute Gasteiger partial charge is 0.257 e. The third-order valence-electron chi connectivity index (χ3n) is 5.96. The number of carbonyl (C=O) groups excluding carboxylic acids is 3. The number of thiazole rings is 1. The van der Waals surface area contributed by atoms with Crippen LogP contribution >= 0.6 is 11.3 Å². The maximum absolute atomic E-state index is 12.7. The van der Waals surface area contributed by atoms with E-state index in [1.165, 1.54) is 16.2 Å². The standard InChI is InChI=1S/C25H21N3O3S/c1-15-21(16-7-3-2-4-8-16)26-25(32-15)27-22(29)17-11-13-18(14-12-17)28-23(30)19-9-5-6-10-20(19)24(28)31/h2-8,11-14,19-20H,9-10H2,1H3,(H,26,27,29). The highest BCUT2D eigenvalue weighted by Crippen LogP contribution is 2.37. The van der Waals surface area contributed by atoms with Crippen LogP contribution in [0.3, 0.4) is 0 Å². The summed E-state index contributed by atoms with van der Waals surface area (Å²) >= 11 is 1.42. The monoisotopic (exact) mass is 443 g/mol. The second kappa shape index (κ2) is 8.16. The quantitative estimate of drug-likeness (QED) is 0.463. The van der Waals surface area contributed by atoms with Crippen LogP contribution in [0.1, 0.15) is 28.1 Å². The lowest BCUT2D eigenvalue weighted by molar-refractivity contribution is -0.122. The highest BCUT2D eigenvalue weighted by Gasteiger charge is 2.47. The van der Waals surface area contributed by atoms with E-state index in [0.29, 0.717) is 29.2 Å². The number of benzene rings is 2. The number of aryl methyl sites for hydroxylation is 1. The second-order valence-corrected chi connectivity index (χ2v) is 9.16. The van der Waals surface area contributed by atoms with Crippen LogP contribution in [0.2, 0.25) is 0 Å². The number of nitrogens with one attached hydrogen (secondary N) is 1. The Bertz CT molecular complexity index is 1210. The van der Waals surface area contributed by atoms with Crippen LogP contribution in [0.15, 0.2) is 66.7 Å². The van der Waals surface area contributed by atoms with Gasteiger partial charge in [0.25, 0.3) is 5.91 Å². The lowest BCUT2D eigenvalue weighted by Crippen LogP contribution is -2.30. The molecule has 3 aromatic rings. The molecule has 0 bridgehead atoms. The SMILES string of the molecule is Cc1sc(NC(=O)c2ccc(N3C(=O)C4CC=CCC4C3=O)cc2)nc1-c1ccccc1. The van der Waals surface area contributed by atoms with Crippen LogP contribution < -0.4 is 10.2 Å². The van der Waals surface area contributed by atoms with Gasteiger partial charge >= 0.3 is 0 Å². The summed E-state index contributed by atoms with van der Waals surface area (Å²) in [4.78, 5) is 45.1. The van der Waals surface area contributed by atoms with E-state index in [9.17, 15) is 14.4 Å². The van der Waals surface area contributed by atoms with Gasteiger partial charge in [-0.1, -0.05) is 42.5 Å². The molecule has 1 aliphatic heterocycles. The number of aromatic nitrogens is 1. The van der Waals surface area contributed by atoms with E-state index in [4.69, 9.17) is 0 Å². The summed E-state index contributed by atoms with van der Waals surface area (Å²) in [6.45, 7) is 1.97. The normalized spacial score (nSPS) is 19.8. The predicted molar refractivity (Wildman–Crippen MR) is 125 cm³/mol. The lowest BCUT2D eigenvalue weighted by Gasteiger charge is -2.15. The topological polar surface area (TPSA) is 79.4 Å². The van der Waals surface area contributed by atoms with Gasteiger partial charge in [-0.25, -0.2) is 4.98 Å². The van der Waals surface area contributed by atoms with Crippen LogP contribution in [0.4, 0.5) is 10.8 Å². The molecular formula is C25H21N3O3S. The molecule has 1 aromatic heterocycles. The van der Waals surface area contributed by atoms with Crippen LogP contribution in [-0.4, -0.2) is 22.7 Å². The minimum Gasteiger partial charge on any atom is -0.298 e. The van der Waals surface area contributed by atoms with Crippen molar-refractivity contribution in [2.75, 3.05) is 10.2 Å². The van der Waals surface area contributed by atoms with Gasteiger partial charge in [0, 0.05) is 16.0 Å². The molecule has 2 aromatic carbocycles. The molecule has 1 aliphatic carbocycles. The molecule has 2 atom stereocenters. The number of imide groups is 1. The van der Waals surface area contributed by atoms with Gasteiger partial charge in [0.15, 0.2) is 5.13 Å². The third-order valence-corrected chi connectivity index (χ3v) is 6.85. The molecule has 6 nitrogen and oxygen atoms in total. The Morgan fingerprint density at radius 2 is 1.59 bits per heavy atom. The van der Waals surface area contributed by atoms with E-state index >= 15 is 0 Å². The van der Waals surface area contributed by atoms with E-state index in [1.54, 1.807) is 24.3 Å². The summed E-state index contributed by atoms with van der Waals surface area (Å²) in [6.07, 6.45) is 5.13. The van der Waals surface area contributed by atoms with Gasteiger partial charge in [0.2, 0.25) is 11.8 Å². The molecule has 3 amide bonds. The van der Waals surface area contributed by atoms with Crippen LogP contribution in [0.5, 0.6) is 0 Å². The van der Waals surface area contributed by atoms with Crippen molar-refractivity contribution < 1.29 is 14.4 Å². The molecule has 0 saturated carbocycles. The van der Waals surface area contributed by atoms with Crippen LogP contribution in [-0.2, 0) is 9.59 Å². The minimum absolute atomic E-state index is 0.159. The summed E-state index contributed by atoms with van der Waals surface area (Å²) in [6, 6.07) is 16.4. The molecule has 32 heavy (non-hydrogen) atoms. The maximum atomic E-state index is 12.7. The van der Waals surface area contributed by atoms with Crippen molar-refractivity contribution in [3.63, 3.8) is 0 Å². The average Bonchev–Trinajstić information content (AvgIpc) is 3.31. The predicted octanol–water partition coefficient (Wildman–Crippen LogP) is 4.83. The number of anilines is 2. The number of nitrogens with zero attached hydrogens (tertiary/aromatic N) is 2. The van der Waals surface area contributed by atoms with Crippen molar-refractivity contribution >= 4 is 39.9 Å². The first-order chi connectivity index (χ1) is 15.5. The number of amides is 3. The number of hydrogen-bond acceptors (Lipinski definition) is 5. The van der Waals surface area contributed by atoms with Gasteiger partial charge < -0.3 is 0 Å². The van der Waals surface area contributed by atoms with Crippen molar-refractivity contribution in [1.29, 1.82) is 0 Å². The van der Waals surface area contributed by atoms with E-state index in [1.807, 2.05) is 49.4 Å². The first kappa shape index (κ1) is 20.3. The van der Waals surface area contributed by atoms with Gasteiger partial charge in [-0.15, -0.1) is 11.3 Å². The number of fused-ring (bicyclic) bond motifs is 1. The number of rotatable bonds is 4. The Labute approximate surface area is 189 Å². The molecule has 0 spiro atoms. The Hall–Kier alpha value is -3.58. The molecular weight excluding hydrogens is 422 g/mol. The Morgan fingerprint density at radius 1 is 0.969 bits per heavy atom. The highest BCUT2D eigenvalue weighted by atomic mass is 32.1. The van der Waals surface area contributed by atoms with Gasteiger partial charge in [-0.2, -0.15) is 0 Å². The highest BCUT2D eigenvalue weighted by molar-refractivity contribution is 7.16. The van der Waals surface area contributed by atoms with Gasteiger partial charge in [-0.3, -0.25) is 24.6 Å². The molecule has 5 rings (SSSR count). The van der Waals surface area contributed by atoms with Gasteiger partial charge in [0.05, 0.1) is 23.2 Å². The summed E-state index contributed by atoms with van der Waals surface area (Å²) < 4.78 is 0. The first-order valence-electron chi connectivity index (χ1n) is 10.5. The van der Waals surface area contributed by atoms with Crippen molar-refractivity contribution in [2.24, 2.45) is 11.8 Å². The largest absolute Gasteiger partial charge is 0.298 e. The first-order valence-corrected chi connectivity index (χ1v) is 11.3. The average molecular weight is 444 g/mol. The lowest BCUT2D eigenvalue weighted by atomic mass is 9.85. The van der Waals surface area contributed by atoms with Crippen LogP contribution in [0, 0.1) is 18.8 Å². The molecule has 2 unspecified atom stereocenters. The van der Waals surface area contributed by atoms with E-state index in [2.05, 4.69) is 10.3 Å². The van der Waals surface area contributed by atoms with E-state index in [-0.39, 0.29) is 29.6 Å². The number of hydrogen-bond donors (Lipinski definition) is 1. The second-order valence-electron chi connectivity index (χ2n) is 7.96. The molecule has 1 fully saturated rings. The Kier molecular flexibility index (Phi) is 5.19. The summed E-state index contributed by atoms with van der Waals surface area (Å²) in [5.41, 5.74) is 2.79. The zero-order valence-corrected chi connectivity index (χ0v) is 18.3. The van der Waals surface area contributed by atoms with Crippen LogP contribution in [0.25, 0.3) is 11.3 Å². The molecule has 0 radical (unpaired) electrons. The summed E-state index contributed by atoms with van der Waals surface area (Å²) in [5, 5.41) is 3.37. The Morgan fingerprint density at radius 3 is 2.22 bits per heavy atom. The summed E-state index contributed by atoms with van der Waals surface area (Å²) in [7, 11) is 0. The zero-order chi connectivity index (χ0) is 22.2.